The largest absolute Gasteiger partial charge is 0.359 e. The lowest BCUT2D eigenvalue weighted by Crippen LogP contribution is -2.48. The quantitative estimate of drug-likeness (QED) is 0.922. The Balaban J connectivity index is 1.35. The van der Waals surface area contributed by atoms with Gasteiger partial charge in [0.15, 0.2) is 5.76 Å². The van der Waals surface area contributed by atoms with E-state index in [0.29, 0.717) is 12.3 Å². The summed E-state index contributed by atoms with van der Waals surface area (Å²) in [6.45, 7) is 3.90. The number of piperidine rings is 1. The maximum atomic E-state index is 12.4. The van der Waals surface area contributed by atoms with Gasteiger partial charge < -0.3 is 14.7 Å². The Hall–Kier alpha value is -2.30. The Labute approximate surface area is 142 Å². The number of nitrogens with one attached hydrogen (secondary N) is 1. The van der Waals surface area contributed by atoms with E-state index in [-0.39, 0.29) is 11.4 Å². The van der Waals surface area contributed by atoms with E-state index in [0.717, 1.165) is 31.6 Å². The number of rotatable bonds is 2. The Bertz CT molecular complexity index is 745. The Morgan fingerprint density at radius 3 is 2.83 bits per heavy atom. The summed E-state index contributed by atoms with van der Waals surface area (Å²) in [5.41, 5.74) is 4.13. The zero-order chi connectivity index (χ0) is 16.6. The molecule has 2 aliphatic rings. The molecule has 0 bridgehead atoms. The minimum atomic E-state index is -0.00909. The molecule has 1 aliphatic carbocycles. The number of carbonyl (C=O) groups excluding carboxylic acids is 1. The molecule has 1 aliphatic heterocycles. The summed E-state index contributed by atoms with van der Waals surface area (Å²) in [4.78, 5) is 14.3. The van der Waals surface area contributed by atoms with Gasteiger partial charge in [-0.1, -0.05) is 29.4 Å². The van der Waals surface area contributed by atoms with E-state index >= 15 is 0 Å². The van der Waals surface area contributed by atoms with Gasteiger partial charge >= 0.3 is 6.03 Å². The van der Waals surface area contributed by atoms with Crippen molar-refractivity contribution in [2.45, 2.75) is 44.6 Å². The molecule has 4 rings (SSSR count). The molecule has 126 valence electrons. The number of aromatic nitrogens is 1. The molecule has 5 nitrogen and oxygen atoms in total. The van der Waals surface area contributed by atoms with Gasteiger partial charge in [0.2, 0.25) is 0 Å². The maximum Gasteiger partial charge on any atom is 0.317 e. The summed E-state index contributed by atoms with van der Waals surface area (Å²) in [6, 6.07) is 10.6. The molecule has 2 heterocycles. The van der Waals surface area contributed by atoms with Crippen LogP contribution in [0.4, 0.5) is 4.79 Å². The highest BCUT2D eigenvalue weighted by Crippen LogP contribution is 2.46. The van der Waals surface area contributed by atoms with E-state index in [1.54, 1.807) is 0 Å². The average Bonchev–Trinajstić information content (AvgIpc) is 3.18. The van der Waals surface area contributed by atoms with E-state index < -0.39 is 0 Å². The van der Waals surface area contributed by atoms with Gasteiger partial charge in [-0.3, -0.25) is 0 Å². The zero-order valence-electron chi connectivity index (χ0n) is 14.0. The van der Waals surface area contributed by atoms with Gasteiger partial charge in [0.1, 0.15) is 0 Å². The van der Waals surface area contributed by atoms with Crippen LogP contribution in [0.2, 0.25) is 0 Å². The monoisotopic (exact) mass is 325 g/mol. The van der Waals surface area contributed by atoms with Crippen molar-refractivity contribution >= 4 is 6.03 Å². The molecule has 1 saturated heterocycles. The second kappa shape index (κ2) is 5.96. The lowest BCUT2D eigenvalue weighted by atomic mass is 9.74. The normalized spacial score (nSPS) is 18.6. The number of carbonyl (C=O) groups is 1. The lowest BCUT2D eigenvalue weighted by Gasteiger charge is -2.40. The Morgan fingerprint density at radius 2 is 2.08 bits per heavy atom. The first-order valence-corrected chi connectivity index (χ1v) is 8.70. The third kappa shape index (κ3) is 2.68. The van der Waals surface area contributed by atoms with Crippen molar-refractivity contribution in [1.82, 2.24) is 15.4 Å². The van der Waals surface area contributed by atoms with Crippen molar-refractivity contribution in [3.63, 3.8) is 0 Å². The van der Waals surface area contributed by atoms with Crippen LogP contribution in [0.3, 0.4) is 0 Å². The number of aryl methyl sites for hydroxylation is 2. The van der Waals surface area contributed by atoms with Gasteiger partial charge in [-0.05, 0) is 49.1 Å². The fourth-order valence-electron chi connectivity index (χ4n) is 4.20. The fourth-order valence-corrected chi connectivity index (χ4v) is 4.20. The van der Waals surface area contributed by atoms with Crippen LogP contribution in [-0.4, -0.2) is 29.2 Å². The number of benzene rings is 1. The highest BCUT2D eigenvalue weighted by Gasteiger charge is 2.41. The summed E-state index contributed by atoms with van der Waals surface area (Å²) < 4.78 is 5.13. The summed E-state index contributed by atoms with van der Waals surface area (Å²) in [6.07, 6.45) is 4.50. The molecular formula is C19H23N3O2. The van der Waals surface area contributed by atoms with Crippen LogP contribution in [0, 0.1) is 6.92 Å². The molecule has 1 aromatic carbocycles. The van der Waals surface area contributed by atoms with E-state index in [1.165, 1.54) is 24.0 Å². The van der Waals surface area contributed by atoms with Crippen LogP contribution in [0.15, 0.2) is 34.9 Å². The second-order valence-electron chi connectivity index (χ2n) is 7.02. The number of nitrogens with zero attached hydrogens (tertiary/aromatic N) is 2. The standard InChI is InChI=1S/C19H23N3O2/c1-14-12-16(24-21-14)13-20-18(23)22-10-8-19(9-11-22)7-6-15-4-2-3-5-17(15)19/h2-5,12H,6-11,13H2,1H3,(H,20,23). The number of likely N-dealkylation sites (tertiary alicyclic amines) is 1. The molecule has 1 aromatic heterocycles. The summed E-state index contributed by atoms with van der Waals surface area (Å²) in [5.74, 6) is 0.694. The predicted octanol–water partition coefficient (Wildman–Crippen LogP) is 3.17. The minimum absolute atomic E-state index is 0.00909. The summed E-state index contributed by atoms with van der Waals surface area (Å²) in [7, 11) is 0. The molecule has 1 fully saturated rings. The molecule has 1 spiro atoms. The van der Waals surface area contributed by atoms with E-state index in [1.807, 2.05) is 17.9 Å². The second-order valence-corrected chi connectivity index (χ2v) is 7.02. The van der Waals surface area contributed by atoms with Gasteiger partial charge in [-0.15, -0.1) is 0 Å². The molecule has 24 heavy (non-hydrogen) atoms. The predicted molar refractivity (Wildman–Crippen MR) is 90.7 cm³/mol. The van der Waals surface area contributed by atoms with Crippen LogP contribution < -0.4 is 5.32 Å². The highest BCUT2D eigenvalue weighted by atomic mass is 16.5. The van der Waals surface area contributed by atoms with Crippen molar-refractivity contribution in [1.29, 1.82) is 0 Å². The first-order valence-electron chi connectivity index (χ1n) is 8.70. The molecule has 0 radical (unpaired) electrons. The first kappa shape index (κ1) is 15.2. The zero-order valence-corrected chi connectivity index (χ0v) is 14.0. The Kier molecular flexibility index (Phi) is 3.79. The van der Waals surface area contributed by atoms with Crippen LogP contribution in [0.25, 0.3) is 0 Å². The van der Waals surface area contributed by atoms with Crippen LogP contribution in [0.1, 0.15) is 41.8 Å². The van der Waals surface area contributed by atoms with E-state index in [4.69, 9.17) is 4.52 Å². The number of fused-ring (bicyclic) bond motifs is 2. The number of hydrogen-bond donors (Lipinski definition) is 1. The third-order valence-electron chi connectivity index (χ3n) is 5.56. The smallest absolute Gasteiger partial charge is 0.317 e. The van der Waals surface area contributed by atoms with Gasteiger partial charge in [0, 0.05) is 19.2 Å². The topological polar surface area (TPSA) is 58.4 Å². The number of hydrogen-bond acceptors (Lipinski definition) is 3. The molecular weight excluding hydrogens is 302 g/mol. The summed E-state index contributed by atoms with van der Waals surface area (Å²) >= 11 is 0. The van der Waals surface area contributed by atoms with Crippen LogP contribution in [0.5, 0.6) is 0 Å². The van der Waals surface area contributed by atoms with Crippen LogP contribution in [-0.2, 0) is 18.4 Å². The van der Waals surface area contributed by atoms with Crippen molar-refractivity contribution in [3.8, 4) is 0 Å². The van der Waals surface area contributed by atoms with E-state index in [9.17, 15) is 4.79 Å². The van der Waals surface area contributed by atoms with Crippen molar-refractivity contribution in [2.75, 3.05) is 13.1 Å². The fraction of sp³-hybridized carbons (Fsp3) is 0.474. The average molecular weight is 325 g/mol. The van der Waals surface area contributed by atoms with Crippen molar-refractivity contribution < 1.29 is 9.32 Å². The first-order chi connectivity index (χ1) is 11.7. The van der Waals surface area contributed by atoms with Crippen molar-refractivity contribution in [2.24, 2.45) is 0 Å². The van der Waals surface area contributed by atoms with Gasteiger partial charge in [0.25, 0.3) is 0 Å². The molecule has 0 saturated carbocycles. The SMILES string of the molecule is Cc1cc(CNC(=O)N2CCC3(CCc4ccccc43)CC2)on1. The van der Waals surface area contributed by atoms with Gasteiger partial charge in [0.05, 0.1) is 12.2 Å². The lowest BCUT2D eigenvalue weighted by molar-refractivity contribution is 0.156. The molecule has 2 aromatic rings. The summed E-state index contributed by atoms with van der Waals surface area (Å²) in [5, 5.41) is 6.77. The molecule has 1 N–H and O–H groups in total. The third-order valence-corrected chi connectivity index (χ3v) is 5.56. The Morgan fingerprint density at radius 1 is 1.29 bits per heavy atom. The highest BCUT2D eigenvalue weighted by molar-refractivity contribution is 5.74. The van der Waals surface area contributed by atoms with E-state index in [2.05, 4.69) is 34.7 Å². The number of amides is 2. The molecule has 2 amide bonds. The van der Waals surface area contributed by atoms with Gasteiger partial charge in [-0.2, -0.15) is 0 Å². The van der Waals surface area contributed by atoms with Crippen molar-refractivity contribution in [3.05, 3.63) is 52.9 Å². The number of urea groups is 1. The molecule has 0 atom stereocenters. The minimum Gasteiger partial charge on any atom is -0.359 e. The molecule has 0 unspecified atom stereocenters. The van der Waals surface area contributed by atoms with Crippen LogP contribution >= 0.6 is 0 Å². The maximum absolute atomic E-state index is 12.4. The molecule has 5 heteroatoms. The van der Waals surface area contributed by atoms with Gasteiger partial charge in [-0.25, -0.2) is 4.79 Å².